The van der Waals surface area contributed by atoms with Crippen LogP contribution in [0.5, 0.6) is 17.5 Å². The van der Waals surface area contributed by atoms with E-state index in [-0.39, 0.29) is 38.9 Å². The second-order valence-electron chi connectivity index (χ2n) is 10.3. The zero-order chi connectivity index (χ0) is 33.3. The Labute approximate surface area is 272 Å². The highest BCUT2D eigenvalue weighted by Crippen LogP contribution is 2.38. The maximum Gasteiger partial charge on any atom is 0.370 e. The summed E-state index contributed by atoms with van der Waals surface area (Å²) in [4.78, 5) is 45.1. The Balaban J connectivity index is 1.22. The topological polar surface area (TPSA) is 164 Å². The van der Waals surface area contributed by atoms with Gasteiger partial charge in [0, 0.05) is 28.4 Å². The molecule has 4 aromatic carbocycles. The van der Waals surface area contributed by atoms with Crippen molar-refractivity contribution in [3.63, 3.8) is 0 Å². The summed E-state index contributed by atoms with van der Waals surface area (Å²) in [5.74, 6) is -2.73. The number of carbonyl (C=O) groups is 3. The molecule has 0 radical (unpaired) electrons. The molecule has 238 valence electrons. The standard InChI is InChI=1S/C33H24ClN3O9S/c34-22-5-3-4-20(16-22)18-36-26-17-21(8-13-28(26)47(43,44)27-7-2-1-6-25(27)33(36)42)32(41)35-23-9-11-24(12-10-23)45-19-31(40)46-37-29(38)14-15-30(37)39/h1-17,38-39H,18-19H2,(H,35,41). The molecule has 1 aliphatic heterocycles. The normalized spacial score (nSPS) is 13.2. The van der Waals surface area contributed by atoms with E-state index in [1.54, 1.807) is 36.4 Å². The van der Waals surface area contributed by atoms with Crippen molar-refractivity contribution in [1.82, 2.24) is 4.73 Å². The molecule has 0 saturated heterocycles. The first kappa shape index (κ1) is 31.2. The summed E-state index contributed by atoms with van der Waals surface area (Å²) in [7, 11) is -4.13. The molecule has 6 rings (SSSR count). The van der Waals surface area contributed by atoms with Crippen molar-refractivity contribution in [2.75, 3.05) is 16.8 Å². The summed E-state index contributed by atoms with van der Waals surface area (Å²) in [6, 6.07) is 25.1. The van der Waals surface area contributed by atoms with Gasteiger partial charge >= 0.3 is 5.97 Å². The molecule has 0 fully saturated rings. The number of aromatic hydroxyl groups is 2. The Morgan fingerprint density at radius 2 is 1.55 bits per heavy atom. The van der Waals surface area contributed by atoms with Crippen molar-refractivity contribution >= 4 is 50.6 Å². The van der Waals surface area contributed by atoms with E-state index in [0.29, 0.717) is 21.0 Å². The maximum atomic E-state index is 13.8. The lowest BCUT2D eigenvalue weighted by atomic mass is 10.1. The number of hydrogen-bond donors (Lipinski definition) is 3. The molecule has 2 heterocycles. The minimum absolute atomic E-state index is 0.00770. The van der Waals surface area contributed by atoms with Gasteiger partial charge < -0.3 is 30.0 Å². The van der Waals surface area contributed by atoms with Crippen molar-refractivity contribution in [1.29, 1.82) is 0 Å². The summed E-state index contributed by atoms with van der Waals surface area (Å²) in [5, 5.41) is 22.3. The number of aromatic nitrogens is 1. The molecule has 1 aromatic heterocycles. The van der Waals surface area contributed by atoms with Gasteiger partial charge in [-0.2, -0.15) is 0 Å². The van der Waals surface area contributed by atoms with Crippen molar-refractivity contribution in [3.8, 4) is 17.5 Å². The van der Waals surface area contributed by atoms with Gasteiger partial charge in [0.15, 0.2) is 6.61 Å². The van der Waals surface area contributed by atoms with Crippen LogP contribution in [0.3, 0.4) is 0 Å². The van der Waals surface area contributed by atoms with E-state index in [2.05, 4.69) is 5.32 Å². The van der Waals surface area contributed by atoms with E-state index < -0.39 is 46.0 Å². The first-order chi connectivity index (χ1) is 22.5. The number of amides is 2. The number of sulfone groups is 1. The minimum atomic E-state index is -4.13. The largest absolute Gasteiger partial charge is 0.492 e. The van der Waals surface area contributed by atoms with Crippen LogP contribution in [0.1, 0.15) is 26.3 Å². The SMILES string of the molecule is O=C(COc1ccc(NC(=O)c2ccc3c(c2)N(Cc2cccc(Cl)c2)C(=O)c2ccccc2S3(=O)=O)cc1)On1c(O)ccc1O. The van der Waals surface area contributed by atoms with Crippen LogP contribution in [0.4, 0.5) is 11.4 Å². The molecule has 2 amide bonds. The van der Waals surface area contributed by atoms with Gasteiger partial charge in [0.05, 0.1) is 27.6 Å². The molecule has 5 aromatic rings. The summed E-state index contributed by atoms with van der Waals surface area (Å²) >= 11 is 6.18. The second kappa shape index (κ2) is 12.5. The lowest BCUT2D eigenvalue weighted by Gasteiger charge is -2.23. The van der Waals surface area contributed by atoms with Crippen molar-refractivity contribution in [3.05, 3.63) is 125 Å². The predicted octanol–water partition coefficient (Wildman–Crippen LogP) is 4.83. The van der Waals surface area contributed by atoms with Gasteiger partial charge in [-0.1, -0.05) is 35.9 Å². The Bertz CT molecular complexity index is 2130. The Morgan fingerprint density at radius 1 is 0.830 bits per heavy atom. The van der Waals surface area contributed by atoms with Crippen molar-refractivity contribution < 1.29 is 42.6 Å². The molecular formula is C33H24ClN3O9S. The number of hydrogen-bond acceptors (Lipinski definition) is 9. The Kier molecular flexibility index (Phi) is 8.33. The Hall–Kier alpha value is -5.79. The van der Waals surface area contributed by atoms with Crippen LogP contribution in [0, 0.1) is 0 Å². The number of nitrogens with zero attached hydrogens (tertiary/aromatic N) is 2. The van der Waals surface area contributed by atoms with E-state index >= 15 is 0 Å². The zero-order valence-corrected chi connectivity index (χ0v) is 25.7. The van der Waals surface area contributed by atoms with Gasteiger partial charge in [-0.25, -0.2) is 13.2 Å². The predicted molar refractivity (Wildman–Crippen MR) is 170 cm³/mol. The number of nitrogens with one attached hydrogen (secondary N) is 1. The van der Waals surface area contributed by atoms with E-state index in [1.165, 1.54) is 59.5 Å². The molecule has 1 aliphatic rings. The van der Waals surface area contributed by atoms with Crippen molar-refractivity contribution in [2.45, 2.75) is 16.3 Å². The molecule has 0 unspecified atom stereocenters. The maximum absolute atomic E-state index is 13.8. The molecule has 14 heteroatoms. The van der Waals surface area contributed by atoms with Crippen LogP contribution in [0.15, 0.2) is 113 Å². The van der Waals surface area contributed by atoms with E-state index in [9.17, 15) is 33.0 Å². The van der Waals surface area contributed by atoms with Crippen LogP contribution in [-0.4, -0.2) is 47.8 Å². The molecule has 3 N–H and O–H groups in total. The third-order valence-corrected chi connectivity index (χ3v) is 9.24. The number of benzene rings is 4. The molecule has 0 aliphatic carbocycles. The Morgan fingerprint density at radius 3 is 2.28 bits per heavy atom. The summed E-state index contributed by atoms with van der Waals surface area (Å²) < 4.78 is 33.4. The number of fused-ring (bicyclic) bond motifs is 2. The molecule has 0 spiro atoms. The van der Waals surface area contributed by atoms with E-state index in [4.69, 9.17) is 21.2 Å². The average Bonchev–Trinajstić information content (AvgIpc) is 3.35. The highest BCUT2D eigenvalue weighted by atomic mass is 35.5. The highest BCUT2D eigenvalue weighted by molar-refractivity contribution is 7.91. The lowest BCUT2D eigenvalue weighted by Crippen LogP contribution is -2.30. The number of ether oxygens (including phenoxy) is 1. The first-order valence-corrected chi connectivity index (χ1v) is 15.8. The highest BCUT2D eigenvalue weighted by Gasteiger charge is 2.36. The van der Waals surface area contributed by atoms with Gasteiger partial charge in [-0.05, 0) is 72.3 Å². The monoisotopic (exact) mass is 673 g/mol. The molecule has 0 atom stereocenters. The van der Waals surface area contributed by atoms with Crippen LogP contribution < -0.4 is 19.8 Å². The van der Waals surface area contributed by atoms with Crippen LogP contribution in [0.25, 0.3) is 0 Å². The fraction of sp³-hybridized carbons (Fsp3) is 0.0606. The summed E-state index contributed by atoms with van der Waals surface area (Å²) in [6.45, 7) is -0.556. The van der Waals surface area contributed by atoms with Gasteiger partial charge in [0.2, 0.25) is 21.6 Å². The number of carbonyl (C=O) groups excluding carboxylic acids is 3. The van der Waals surface area contributed by atoms with E-state index in [1.807, 2.05) is 0 Å². The zero-order valence-electron chi connectivity index (χ0n) is 24.2. The van der Waals surface area contributed by atoms with Gasteiger partial charge in [0.1, 0.15) is 5.75 Å². The second-order valence-corrected chi connectivity index (χ2v) is 12.6. The number of anilines is 2. The van der Waals surface area contributed by atoms with E-state index in [0.717, 1.165) is 12.1 Å². The smallest absolute Gasteiger partial charge is 0.370 e. The van der Waals surface area contributed by atoms with Crippen LogP contribution in [-0.2, 0) is 21.2 Å². The lowest BCUT2D eigenvalue weighted by molar-refractivity contribution is -0.147. The molecular weight excluding hydrogens is 650 g/mol. The third-order valence-electron chi connectivity index (χ3n) is 7.14. The van der Waals surface area contributed by atoms with Crippen molar-refractivity contribution in [2.24, 2.45) is 0 Å². The summed E-state index contributed by atoms with van der Waals surface area (Å²) in [6.07, 6.45) is 0. The van der Waals surface area contributed by atoms with Crippen LogP contribution in [0.2, 0.25) is 5.02 Å². The quantitative estimate of drug-likeness (QED) is 0.209. The fourth-order valence-electron chi connectivity index (χ4n) is 4.93. The number of halogens is 1. The molecule has 47 heavy (non-hydrogen) atoms. The van der Waals surface area contributed by atoms with Gasteiger partial charge in [0.25, 0.3) is 11.8 Å². The number of rotatable bonds is 8. The minimum Gasteiger partial charge on any atom is -0.492 e. The fourth-order valence-corrected chi connectivity index (χ4v) is 6.77. The first-order valence-electron chi connectivity index (χ1n) is 13.9. The molecule has 0 saturated carbocycles. The average molecular weight is 674 g/mol. The molecule has 12 nitrogen and oxygen atoms in total. The summed E-state index contributed by atoms with van der Waals surface area (Å²) in [5.41, 5.74) is 1.15. The van der Waals surface area contributed by atoms with Gasteiger partial charge in [-0.3, -0.25) is 9.59 Å². The van der Waals surface area contributed by atoms with Gasteiger partial charge in [-0.15, -0.1) is 4.73 Å². The third kappa shape index (κ3) is 6.34. The molecule has 0 bridgehead atoms. The van der Waals surface area contributed by atoms with Crippen LogP contribution >= 0.6 is 11.6 Å².